The van der Waals surface area contributed by atoms with Crippen molar-refractivity contribution < 1.29 is 34.8 Å². The monoisotopic (exact) mass is 680 g/mol. The van der Waals surface area contributed by atoms with Crippen molar-refractivity contribution >= 4 is 17.8 Å². The van der Waals surface area contributed by atoms with Crippen LogP contribution in [0.2, 0.25) is 0 Å². The molecule has 1 aliphatic rings. The highest BCUT2D eigenvalue weighted by Crippen LogP contribution is 2.37. The lowest BCUT2D eigenvalue weighted by molar-refractivity contribution is -0.231. The van der Waals surface area contributed by atoms with Gasteiger partial charge >= 0.3 is 0 Å². The standard InChI is InChI=1S/C25H32O5.C15H28N2O2/c1-5-16-6-8-17(9-7-16)11-18-12-20(15(4)10-19(18)14(2)3)25-24(29)23(28)22(27)21(13-26)30-25;1-8-14(2,3)12(18)11-15(4,5)13(19)16-9-10-17(6)7/h5-10,12,14,21-29H,1,11,13H2,2-4H3;8H,1,9-11H2,2-7H3,(H,16,19)/t21-,22-,23+,24-,25+;/m1./s1. The number of hydrogen-bond donors (Lipinski definition) is 5. The van der Waals surface area contributed by atoms with Crippen molar-refractivity contribution in [3.05, 3.63) is 89.0 Å². The van der Waals surface area contributed by atoms with Gasteiger partial charge in [-0.3, -0.25) is 9.59 Å². The number of hydrogen-bond acceptors (Lipinski definition) is 8. The number of rotatable bonds is 14. The molecular formula is C40H60N2O7. The summed E-state index contributed by atoms with van der Waals surface area (Å²) in [6.07, 6.45) is -1.40. The second kappa shape index (κ2) is 18.2. The quantitative estimate of drug-likeness (QED) is 0.181. The van der Waals surface area contributed by atoms with Crippen molar-refractivity contribution in [3.63, 3.8) is 0 Å². The summed E-state index contributed by atoms with van der Waals surface area (Å²) in [6.45, 7) is 21.9. The van der Waals surface area contributed by atoms with Crippen molar-refractivity contribution in [1.82, 2.24) is 10.2 Å². The number of allylic oxidation sites excluding steroid dienone is 1. The summed E-state index contributed by atoms with van der Waals surface area (Å²) in [7, 11) is 3.90. The summed E-state index contributed by atoms with van der Waals surface area (Å²) in [5, 5.41) is 43.3. The molecule has 2 aromatic carbocycles. The molecule has 1 aliphatic heterocycles. The molecule has 0 aromatic heterocycles. The lowest BCUT2D eigenvalue weighted by atomic mass is 9.77. The molecule has 2 aromatic rings. The fourth-order valence-corrected chi connectivity index (χ4v) is 5.60. The van der Waals surface area contributed by atoms with Gasteiger partial charge in [-0.05, 0) is 80.6 Å². The van der Waals surface area contributed by atoms with Crippen LogP contribution in [-0.4, -0.2) is 95.2 Å². The van der Waals surface area contributed by atoms with Crippen molar-refractivity contribution in [2.24, 2.45) is 10.8 Å². The van der Waals surface area contributed by atoms with Gasteiger partial charge in [-0.15, -0.1) is 6.58 Å². The fraction of sp³-hybridized carbons (Fsp3) is 0.550. The van der Waals surface area contributed by atoms with E-state index in [-0.39, 0.29) is 18.1 Å². The van der Waals surface area contributed by atoms with E-state index in [9.17, 15) is 30.0 Å². The number of amides is 1. The number of ether oxygens (including phenoxy) is 1. The van der Waals surface area contributed by atoms with E-state index < -0.39 is 48.0 Å². The van der Waals surface area contributed by atoms with Gasteiger partial charge in [-0.25, -0.2) is 0 Å². The number of Topliss-reactive ketones (excluding diaryl/α,β-unsaturated/α-hetero) is 1. The molecule has 0 aliphatic carbocycles. The van der Waals surface area contributed by atoms with Crippen LogP contribution in [0.25, 0.3) is 6.08 Å². The number of nitrogens with zero attached hydrogens (tertiary/aromatic N) is 1. The van der Waals surface area contributed by atoms with E-state index in [0.717, 1.165) is 40.8 Å². The summed E-state index contributed by atoms with van der Waals surface area (Å²) in [5.74, 6) is 0.271. The molecule has 1 heterocycles. The molecule has 5 N–H and O–H groups in total. The van der Waals surface area contributed by atoms with Gasteiger partial charge < -0.3 is 35.4 Å². The molecule has 0 unspecified atom stereocenters. The summed E-state index contributed by atoms with van der Waals surface area (Å²) in [5.41, 5.74) is 4.98. The van der Waals surface area contributed by atoms with Gasteiger partial charge in [0.25, 0.3) is 0 Å². The minimum atomic E-state index is -1.39. The van der Waals surface area contributed by atoms with Crippen LogP contribution >= 0.6 is 0 Å². The second-order valence-electron chi connectivity index (χ2n) is 14.9. The van der Waals surface area contributed by atoms with Crippen LogP contribution < -0.4 is 5.32 Å². The van der Waals surface area contributed by atoms with Gasteiger partial charge in [0.05, 0.1) is 12.0 Å². The minimum Gasteiger partial charge on any atom is -0.394 e. The molecule has 0 spiro atoms. The maximum Gasteiger partial charge on any atom is 0.226 e. The van der Waals surface area contributed by atoms with Crippen LogP contribution in [0.15, 0.2) is 55.6 Å². The third-order valence-electron chi connectivity index (χ3n) is 9.25. The Labute approximate surface area is 293 Å². The third-order valence-corrected chi connectivity index (χ3v) is 9.25. The Balaban J connectivity index is 0.000000381. The molecule has 49 heavy (non-hydrogen) atoms. The average molecular weight is 681 g/mol. The number of likely N-dealkylation sites (N-methyl/N-ethyl adjacent to an activating group) is 1. The average Bonchev–Trinajstić information content (AvgIpc) is 3.04. The van der Waals surface area contributed by atoms with Crippen LogP contribution in [0.5, 0.6) is 0 Å². The minimum absolute atomic E-state index is 0.0373. The smallest absolute Gasteiger partial charge is 0.226 e. The Hall–Kier alpha value is -3.18. The van der Waals surface area contributed by atoms with Crippen molar-refractivity contribution in [2.45, 2.75) is 97.7 Å². The van der Waals surface area contributed by atoms with Crippen LogP contribution in [0.4, 0.5) is 0 Å². The lowest BCUT2D eigenvalue weighted by Gasteiger charge is -2.41. The number of aryl methyl sites for hydroxylation is 1. The van der Waals surface area contributed by atoms with E-state index in [2.05, 4.69) is 50.5 Å². The Morgan fingerprint density at radius 2 is 1.61 bits per heavy atom. The van der Waals surface area contributed by atoms with Gasteiger partial charge in [0.2, 0.25) is 5.91 Å². The van der Waals surface area contributed by atoms with Crippen molar-refractivity contribution in [2.75, 3.05) is 33.8 Å². The second-order valence-corrected chi connectivity index (χ2v) is 14.9. The number of benzene rings is 2. The molecule has 1 fully saturated rings. The predicted molar refractivity (Wildman–Crippen MR) is 196 cm³/mol. The van der Waals surface area contributed by atoms with Crippen LogP contribution in [0.1, 0.15) is 93.4 Å². The Bertz CT molecular complexity index is 1410. The SMILES string of the molecule is C=CC(C)(C)C(=O)CC(C)(C)C(=O)NCCN(C)C.C=Cc1ccc(Cc2cc([C@@H]3O[C@H](CO)[C@@H](O)[C@H](O)[C@H]3O)c(C)cc2C(C)C)cc1. The molecule has 0 bridgehead atoms. The molecular weight excluding hydrogens is 620 g/mol. The number of carbonyl (C=O) groups is 2. The normalized spacial score (nSPS) is 21.2. The summed E-state index contributed by atoms with van der Waals surface area (Å²) >= 11 is 0. The summed E-state index contributed by atoms with van der Waals surface area (Å²) in [4.78, 5) is 26.2. The largest absolute Gasteiger partial charge is 0.394 e. The summed E-state index contributed by atoms with van der Waals surface area (Å²) in [6, 6.07) is 12.4. The highest BCUT2D eigenvalue weighted by atomic mass is 16.5. The fourth-order valence-electron chi connectivity index (χ4n) is 5.60. The van der Waals surface area contributed by atoms with Gasteiger partial charge in [0.15, 0.2) is 0 Å². The van der Waals surface area contributed by atoms with Gasteiger partial charge in [-0.1, -0.05) is 82.8 Å². The molecule has 9 nitrogen and oxygen atoms in total. The first-order valence-corrected chi connectivity index (χ1v) is 17.0. The highest BCUT2D eigenvalue weighted by Gasteiger charge is 2.44. The zero-order valence-electron chi connectivity index (χ0n) is 31.0. The van der Waals surface area contributed by atoms with E-state index in [0.29, 0.717) is 12.5 Å². The van der Waals surface area contributed by atoms with Gasteiger partial charge in [-0.2, -0.15) is 0 Å². The molecule has 0 saturated carbocycles. The van der Waals surface area contributed by atoms with Crippen molar-refractivity contribution in [1.29, 1.82) is 0 Å². The Morgan fingerprint density at radius 1 is 1.00 bits per heavy atom. The summed E-state index contributed by atoms with van der Waals surface area (Å²) < 4.78 is 5.81. The van der Waals surface area contributed by atoms with E-state index >= 15 is 0 Å². The van der Waals surface area contributed by atoms with E-state index in [1.807, 2.05) is 64.0 Å². The number of ketones is 1. The predicted octanol–water partition coefficient (Wildman–Crippen LogP) is 4.73. The molecule has 1 saturated heterocycles. The number of carbonyl (C=O) groups excluding carboxylic acids is 2. The Kier molecular flexibility index (Phi) is 15.6. The highest BCUT2D eigenvalue weighted by molar-refractivity contribution is 5.92. The number of aliphatic hydroxyl groups excluding tert-OH is 4. The van der Waals surface area contributed by atoms with Crippen LogP contribution in [-0.2, 0) is 20.7 Å². The molecule has 5 atom stereocenters. The molecule has 0 radical (unpaired) electrons. The Morgan fingerprint density at radius 3 is 2.12 bits per heavy atom. The molecule has 272 valence electrons. The van der Waals surface area contributed by atoms with Gasteiger partial charge in [0.1, 0.15) is 36.3 Å². The number of nitrogens with one attached hydrogen (secondary N) is 1. The van der Waals surface area contributed by atoms with Gasteiger partial charge in [0, 0.05) is 24.9 Å². The van der Waals surface area contributed by atoms with Crippen molar-refractivity contribution in [3.8, 4) is 0 Å². The maximum atomic E-state index is 12.1. The topological polar surface area (TPSA) is 140 Å². The first kappa shape index (κ1) is 42.0. The first-order chi connectivity index (χ1) is 22.8. The molecule has 9 heteroatoms. The van der Waals surface area contributed by atoms with E-state index in [1.165, 1.54) is 5.56 Å². The first-order valence-electron chi connectivity index (χ1n) is 17.0. The van der Waals surface area contributed by atoms with Crippen LogP contribution in [0.3, 0.4) is 0 Å². The van der Waals surface area contributed by atoms with E-state index in [4.69, 9.17) is 4.74 Å². The molecule has 3 rings (SSSR count). The lowest BCUT2D eigenvalue weighted by Crippen LogP contribution is -2.55. The number of aliphatic hydroxyl groups is 4. The third kappa shape index (κ3) is 11.4. The zero-order chi connectivity index (χ0) is 37.3. The maximum absolute atomic E-state index is 12.1. The van der Waals surface area contributed by atoms with Crippen LogP contribution in [0, 0.1) is 17.8 Å². The molecule has 1 amide bonds. The van der Waals surface area contributed by atoms with E-state index in [1.54, 1.807) is 19.9 Å². The zero-order valence-corrected chi connectivity index (χ0v) is 31.0.